The Morgan fingerprint density at radius 3 is 2.38 bits per heavy atom. The van der Waals surface area contributed by atoms with Crippen molar-refractivity contribution in [2.45, 2.75) is 103 Å². The summed E-state index contributed by atoms with van der Waals surface area (Å²) in [4.78, 5) is 44.3. The van der Waals surface area contributed by atoms with E-state index < -0.39 is 16.5 Å². The molecule has 1 aliphatic heterocycles. The Kier molecular flexibility index (Phi) is 9.63. The van der Waals surface area contributed by atoms with Gasteiger partial charge >= 0.3 is 5.97 Å². The zero-order chi connectivity index (χ0) is 30.9. The maximum atomic E-state index is 14.4. The van der Waals surface area contributed by atoms with Crippen LogP contribution in [0.1, 0.15) is 108 Å². The first-order valence-corrected chi connectivity index (χ1v) is 15.8. The smallest absolute Gasteiger partial charge is 0.305 e. The molecule has 2 aliphatic carbocycles. The van der Waals surface area contributed by atoms with Gasteiger partial charge in [0.1, 0.15) is 11.4 Å². The second-order valence-electron chi connectivity index (χ2n) is 12.8. The Bertz CT molecular complexity index is 1300. The number of nitrogens with one attached hydrogen (secondary N) is 1. The fraction of sp³-hybridized carbons (Fsp3) is 0.576. The van der Waals surface area contributed by atoms with Gasteiger partial charge in [-0.1, -0.05) is 57.8 Å². The van der Waals surface area contributed by atoms with Crippen LogP contribution in [0.5, 0.6) is 0 Å². The van der Waals surface area contributed by atoms with Crippen molar-refractivity contribution in [1.29, 1.82) is 0 Å². The van der Waals surface area contributed by atoms with Crippen LogP contribution in [0.15, 0.2) is 52.0 Å². The van der Waals surface area contributed by atoms with Crippen molar-refractivity contribution in [3.05, 3.63) is 58.1 Å². The van der Waals surface area contributed by atoms with E-state index in [1.54, 1.807) is 18.2 Å². The summed E-state index contributed by atoms with van der Waals surface area (Å²) in [6.45, 7) is 10.9. The van der Waals surface area contributed by atoms with Crippen LogP contribution in [-0.4, -0.2) is 50.6 Å². The number of alkyl halides is 1. The highest BCUT2D eigenvalue weighted by Gasteiger charge is 2.53. The predicted molar refractivity (Wildman–Crippen MR) is 168 cm³/mol. The van der Waals surface area contributed by atoms with Crippen molar-refractivity contribution in [3.63, 3.8) is 0 Å². The van der Waals surface area contributed by atoms with E-state index in [0.29, 0.717) is 35.1 Å². The number of carbonyl (C=O) groups excluding carboxylic acids is 2. The number of aliphatic imine (C=N–C) groups is 1. The lowest BCUT2D eigenvalue weighted by molar-refractivity contribution is -0.137. The van der Waals surface area contributed by atoms with Gasteiger partial charge in [0, 0.05) is 17.1 Å². The van der Waals surface area contributed by atoms with Crippen molar-refractivity contribution in [1.82, 2.24) is 10.2 Å². The van der Waals surface area contributed by atoms with Gasteiger partial charge < -0.3 is 15.3 Å². The summed E-state index contributed by atoms with van der Waals surface area (Å²) in [5, 5.41) is 12.0. The van der Waals surface area contributed by atoms with E-state index in [1.165, 1.54) is 0 Å². The van der Waals surface area contributed by atoms with E-state index in [4.69, 9.17) is 33.3 Å². The number of aliphatic carboxylic acids is 1. The number of rotatable bonds is 10. The summed E-state index contributed by atoms with van der Waals surface area (Å²) < 4.78 is 0. The third-order valence-corrected chi connectivity index (χ3v) is 9.93. The second-order valence-corrected chi connectivity index (χ2v) is 14.1. The Balaban J connectivity index is 1.66. The van der Waals surface area contributed by atoms with Gasteiger partial charge in [-0.05, 0) is 92.2 Å². The van der Waals surface area contributed by atoms with Crippen LogP contribution >= 0.6 is 23.2 Å². The van der Waals surface area contributed by atoms with Gasteiger partial charge in [-0.15, -0.1) is 11.6 Å². The van der Waals surface area contributed by atoms with Gasteiger partial charge in [0.25, 0.3) is 11.8 Å². The molecule has 1 heterocycles. The zero-order valence-corrected chi connectivity index (χ0v) is 26.8. The van der Waals surface area contributed by atoms with Crippen molar-refractivity contribution < 1.29 is 19.5 Å². The summed E-state index contributed by atoms with van der Waals surface area (Å²) in [5.41, 5.74) is 2.16. The van der Waals surface area contributed by atoms with Gasteiger partial charge in [0.15, 0.2) is 0 Å². The fourth-order valence-electron chi connectivity index (χ4n) is 6.69. The average molecular weight is 617 g/mol. The van der Waals surface area contributed by atoms with Crippen LogP contribution in [0.2, 0.25) is 0 Å². The molecule has 228 valence electrons. The zero-order valence-electron chi connectivity index (χ0n) is 25.3. The normalized spacial score (nSPS) is 26.9. The maximum Gasteiger partial charge on any atom is 0.305 e. The standard InChI is InChI=1S/C33H43Cl2N3O4/c1-6-26(21-8-10-22(11-9-21)29(41)36-17-14-27(39)40)38-30(42)28(23-18-25(34)20-32(5,35)19-23)37-33(38)15-12-24(13-16-33)31(3,4)7-2/h8-11,18,20,24,26H,6-7,12-17,19H2,1-5H3,(H,36,41)(H,39,40). The van der Waals surface area contributed by atoms with Crippen molar-refractivity contribution >= 4 is 46.7 Å². The number of hydrogen-bond acceptors (Lipinski definition) is 4. The second kappa shape index (κ2) is 12.5. The quantitative estimate of drug-likeness (QED) is 0.268. The monoisotopic (exact) mass is 615 g/mol. The van der Waals surface area contributed by atoms with E-state index in [2.05, 4.69) is 33.0 Å². The Labute approximate surface area is 259 Å². The summed E-state index contributed by atoms with van der Waals surface area (Å²) in [6, 6.07) is 7.01. The first-order valence-electron chi connectivity index (χ1n) is 15.0. The topological polar surface area (TPSA) is 99.1 Å². The molecule has 0 aromatic heterocycles. The third kappa shape index (κ3) is 6.78. The number of carbonyl (C=O) groups is 3. The van der Waals surface area contributed by atoms with Gasteiger partial charge in [0.2, 0.25) is 0 Å². The fourth-order valence-corrected chi connectivity index (χ4v) is 7.38. The van der Waals surface area contributed by atoms with Crippen LogP contribution in [0, 0.1) is 11.3 Å². The van der Waals surface area contributed by atoms with E-state index in [-0.39, 0.29) is 36.2 Å². The largest absolute Gasteiger partial charge is 0.481 e. The van der Waals surface area contributed by atoms with Crippen LogP contribution in [0.3, 0.4) is 0 Å². The van der Waals surface area contributed by atoms with Crippen LogP contribution in [0.4, 0.5) is 0 Å². The number of amides is 2. The average Bonchev–Trinajstić information content (AvgIpc) is 3.19. The molecular formula is C33H43Cl2N3O4. The maximum absolute atomic E-state index is 14.4. The first-order chi connectivity index (χ1) is 19.7. The molecule has 0 bridgehead atoms. The van der Waals surface area contributed by atoms with Crippen LogP contribution < -0.4 is 5.32 Å². The van der Waals surface area contributed by atoms with Crippen molar-refractivity contribution in [2.75, 3.05) is 6.54 Å². The molecule has 1 aromatic rings. The molecular weight excluding hydrogens is 573 g/mol. The summed E-state index contributed by atoms with van der Waals surface area (Å²) in [5.74, 6) is -0.839. The predicted octanol–water partition coefficient (Wildman–Crippen LogP) is 7.40. The number of hydrogen-bond donors (Lipinski definition) is 2. The summed E-state index contributed by atoms with van der Waals surface area (Å²) in [6.07, 6.45) is 9.27. The van der Waals surface area contributed by atoms with Gasteiger partial charge in [-0.3, -0.25) is 19.4 Å². The Morgan fingerprint density at radius 1 is 1.19 bits per heavy atom. The Morgan fingerprint density at radius 2 is 1.83 bits per heavy atom. The van der Waals surface area contributed by atoms with E-state index in [1.807, 2.05) is 30.0 Å². The number of carboxylic acids is 1. The minimum absolute atomic E-state index is 0.0602. The van der Waals surface area contributed by atoms with E-state index >= 15 is 0 Å². The number of benzene rings is 1. The van der Waals surface area contributed by atoms with Gasteiger partial charge in [-0.2, -0.15) is 0 Å². The highest BCUT2D eigenvalue weighted by atomic mass is 35.5. The Hall–Kier alpha value is -2.64. The number of halogens is 2. The molecule has 1 aromatic carbocycles. The third-order valence-electron chi connectivity index (χ3n) is 9.46. The molecule has 2 unspecified atom stereocenters. The molecule has 1 saturated carbocycles. The minimum atomic E-state index is -0.965. The molecule has 2 N–H and O–H groups in total. The number of allylic oxidation sites excluding steroid dienone is 3. The van der Waals surface area contributed by atoms with Gasteiger partial charge in [0.05, 0.1) is 17.3 Å². The van der Waals surface area contributed by atoms with E-state index in [0.717, 1.165) is 43.2 Å². The highest BCUT2D eigenvalue weighted by molar-refractivity contribution is 6.48. The summed E-state index contributed by atoms with van der Waals surface area (Å²) in [7, 11) is 0. The van der Waals surface area contributed by atoms with E-state index in [9.17, 15) is 14.4 Å². The molecule has 9 heteroatoms. The highest BCUT2D eigenvalue weighted by Crippen LogP contribution is 2.51. The molecule has 0 saturated heterocycles. The number of carboxylic acid groups (broad SMARTS) is 1. The molecule has 42 heavy (non-hydrogen) atoms. The molecule has 2 amide bonds. The number of nitrogens with zero attached hydrogens (tertiary/aromatic N) is 2. The minimum Gasteiger partial charge on any atom is -0.481 e. The molecule has 1 fully saturated rings. The lowest BCUT2D eigenvalue weighted by Gasteiger charge is -2.48. The molecule has 4 rings (SSSR count). The van der Waals surface area contributed by atoms with Crippen molar-refractivity contribution in [3.8, 4) is 0 Å². The van der Waals surface area contributed by atoms with Crippen molar-refractivity contribution in [2.24, 2.45) is 16.3 Å². The lowest BCUT2D eigenvalue weighted by Crippen LogP contribution is -2.51. The van der Waals surface area contributed by atoms with Crippen LogP contribution in [0.25, 0.3) is 0 Å². The first kappa shape index (κ1) is 32.3. The molecule has 3 aliphatic rings. The molecule has 2 atom stereocenters. The lowest BCUT2D eigenvalue weighted by atomic mass is 9.67. The summed E-state index contributed by atoms with van der Waals surface area (Å²) >= 11 is 13.2. The SMILES string of the molecule is CCC(c1ccc(C(=O)NCCC(=O)O)cc1)N1C(=O)C(C2=CC(Cl)=CC(C)(Cl)C2)=NC12CCC(C(C)(C)CC)CC2. The van der Waals surface area contributed by atoms with Gasteiger partial charge in [-0.25, -0.2) is 0 Å². The molecule has 0 radical (unpaired) electrons. The van der Waals surface area contributed by atoms with Crippen LogP contribution in [-0.2, 0) is 9.59 Å². The molecule has 1 spiro atoms. The molecule has 7 nitrogen and oxygen atoms in total.